The molecular formula is C22H30O. The maximum Gasteiger partial charge on any atom is 0.0761 e. The smallest absolute Gasteiger partial charge is 0.0761 e. The first-order valence-corrected chi connectivity index (χ1v) is 9.08. The predicted octanol–water partition coefficient (Wildman–Crippen LogP) is 6.31. The predicted molar refractivity (Wildman–Crippen MR) is 99.6 cm³/mol. The summed E-state index contributed by atoms with van der Waals surface area (Å²) >= 11 is 0. The van der Waals surface area contributed by atoms with Crippen molar-refractivity contribution >= 4 is 0 Å². The molecular weight excluding hydrogens is 280 g/mol. The summed E-state index contributed by atoms with van der Waals surface area (Å²) in [5, 5.41) is 9.57. The van der Waals surface area contributed by atoms with Gasteiger partial charge in [-0.15, -0.1) is 0 Å². The molecule has 0 radical (unpaired) electrons. The van der Waals surface area contributed by atoms with Crippen molar-refractivity contribution < 1.29 is 5.11 Å². The van der Waals surface area contributed by atoms with E-state index in [1.54, 1.807) is 6.92 Å². The van der Waals surface area contributed by atoms with Gasteiger partial charge in [-0.25, -0.2) is 0 Å². The van der Waals surface area contributed by atoms with Gasteiger partial charge in [0.25, 0.3) is 0 Å². The first kappa shape index (κ1) is 17.7. The summed E-state index contributed by atoms with van der Waals surface area (Å²) in [6.45, 7) is 4.06. The third kappa shape index (κ3) is 5.84. The minimum Gasteiger partial charge on any atom is -0.389 e. The zero-order valence-electron chi connectivity index (χ0n) is 14.6. The molecule has 1 heteroatoms. The normalized spacial score (nSPS) is 12.3. The van der Waals surface area contributed by atoms with Crippen molar-refractivity contribution in [2.75, 3.05) is 0 Å². The lowest BCUT2D eigenvalue weighted by Crippen LogP contribution is -1.90. The molecule has 0 aromatic heterocycles. The summed E-state index contributed by atoms with van der Waals surface area (Å²) in [7, 11) is 0. The van der Waals surface area contributed by atoms with Crippen LogP contribution in [0, 0.1) is 0 Å². The van der Waals surface area contributed by atoms with Crippen LogP contribution in [0.1, 0.15) is 69.6 Å². The number of aliphatic hydroxyl groups excluding tert-OH is 1. The summed E-state index contributed by atoms with van der Waals surface area (Å²) in [6.07, 6.45) is 8.90. The van der Waals surface area contributed by atoms with Crippen LogP contribution in [-0.2, 0) is 6.42 Å². The molecule has 0 saturated carbocycles. The largest absolute Gasteiger partial charge is 0.389 e. The van der Waals surface area contributed by atoms with Gasteiger partial charge in [0.15, 0.2) is 0 Å². The molecule has 0 spiro atoms. The fourth-order valence-corrected chi connectivity index (χ4v) is 2.93. The maximum absolute atomic E-state index is 9.57. The Bertz CT molecular complexity index is 552. The van der Waals surface area contributed by atoms with Gasteiger partial charge in [-0.2, -0.15) is 0 Å². The third-order valence-corrected chi connectivity index (χ3v) is 4.50. The van der Waals surface area contributed by atoms with E-state index in [4.69, 9.17) is 0 Å². The van der Waals surface area contributed by atoms with E-state index in [9.17, 15) is 5.11 Å². The van der Waals surface area contributed by atoms with Crippen LogP contribution in [0.2, 0.25) is 0 Å². The molecule has 2 aromatic rings. The zero-order chi connectivity index (χ0) is 16.5. The second-order valence-corrected chi connectivity index (χ2v) is 6.51. The molecule has 23 heavy (non-hydrogen) atoms. The monoisotopic (exact) mass is 310 g/mol. The van der Waals surface area contributed by atoms with Crippen molar-refractivity contribution in [2.24, 2.45) is 0 Å². The number of hydrogen-bond donors (Lipinski definition) is 1. The summed E-state index contributed by atoms with van der Waals surface area (Å²) < 4.78 is 0. The van der Waals surface area contributed by atoms with Crippen LogP contribution in [0.5, 0.6) is 0 Å². The minimum atomic E-state index is -0.399. The number of unbranched alkanes of at least 4 members (excludes halogenated alkanes) is 5. The van der Waals surface area contributed by atoms with Crippen LogP contribution in [0.4, 0.5) is 0 Å². The van der Waals surface area contributed by atoms with Gasteiger partial charge in [0, 0.05) is 0 Å². The van der Waals surface area contributed by atoms with Crippen LogP contribution in [0.25, 0.3) is 11.1 Å². The Hall–Kier alpha value is -1.60. The number of rotatable bonds is 9. The van der Waals surface area contributed by atoms with E-state index < -0.39 is 6.10 Å². The molecule has 0 aliphatic carbocycles. The van der Waals surface area contributed by atoms with Gasteiger partial charge in [0.05, 0.1) is 6.10 Å². The average Bonchev–Trinajstić information content (AvgIpc) is 2.58. The summed E-state index contributed by atoms with van der Waals surface area (Å²) in [5.41, 5.74) is 4.85. The van der Waals surface area contributed by atoms with Gasteiger partial charge >= 0.3 is 0 Å². The Morgan fingerprint density at radius 3 is 1.83 bits per heavy atom. The standard InChI is InChI=1S/C22H30O/c1-3-4-5-6-7-8-9-19-10-12-21(13-11-19)22-16-14-20(15-17-22)18(2)23/h10-18,23H,3-9H2,1-2H3/t18-/m1/s1. The van der Waals surface area contributed by atoms with Crippen molar-refractivity contribution in [3.8, 4) is 11.1 Å². The number of hydrogen-bond acceptors (Lipinski definition) is 1. The molecule has 0 fully saturated rings. The molecule has 1 nitrogen and oxygen atoms in total. The molecule has 0 bridgehead atoms. The second kappa shape index (κ2) is 9.52. The highest BCUT2D eigenvalue weighted by atomic mass is 16.3. The van der Waals surface area contributed by atoms with Crippen molar-refractivity contribution in [1.82, 2.24) is 0 Å². The lowest BCUT2D eigenvalue weighted by Gasteiger charge is -2.08. The SMILES string of the molecule is CCCCCCCCc1ccc(-c2ccc([C@@H](C)O)cc2)cc1. The molecule has 2 rings (SSSR count). The maximum atomic E-state index is 9.57. The van der Waals surface area contributed by atoms with E-state index in [1.165, 1.54) is 61.6 Å². The van der Waals surface area contributed by atoms with E-state index in [2.05, 4.69) is 43.3 Å². The molecule has 1 atom stereocenters. The molecule has 0 unspecified atom stereocenters. The Morgan fingerprint density at radius 1 is 0.739 bits per heavy atom. The highest BCUT2D eigenvalue weighted by Gasteiger charge is 2.02. The summed E-state index contributed by atoms with van der Waals surface area (Å²) in [6, 6.07) is 17.1. The molecule has 0 saturated heterocycles. The minimum absolute atomic E-state index is 0.399. The van der Waals surface area contributed by atoms with E-state index in [0.29, 0.717) is 0 Å². The lowest BCUT2D eigenvalue weighted by molar-refractivity contribution is 0.199. The summed E-state index contributed by atoms with van der Waals surface area (Å²) in [5.74, 6) is 0. The van der Waals surface area contributed by atoms with Crippen LogP contribution in [-0.4, -0.2) is 5.11 Å². The first-order chi connectivity index (χ1) is 11.2. The van der Waals surface area contributed by atoms with Crippen molar-refractivity contribution in [3.05, 3.63) is 59.7 Å². The van der Waals surface area contributed by atoms with Gasteiger partial charge in [-0.3, -0.25) is 0 Å². The number of benzene rings is 2. The molecule has 124 valence electrons. The number of aryl methyl sites for hydroxylation is 1. The molecule has 0 aliphatic rings. The van der Waals surface area contributed by atoms with Crippen LogP contribution in [0.15, 0.2) is 48.5 Å². The third-order valence-electron chi connectivity index (χ3n) is 4.50. The van der Waals surface area contributed by atoms with E-state index in [1.807, 2.05) is 12.1 Å². The molecule has 1 N–H and O–H groups in total. The Kier molecular flexibility index (Phi) is 7.35. The lowest BCUT2D eigenvalue weighted by atomic mass is 9.99. The first-order valence-electron chi connectivity index (χ1n) is 9.08. The van der Waals surface area contributed by atoms with Gasteiger partial charge in [0.1, 0.15) is 0 Å². The molecule has 0 amide bonds. The Labute approximate surface area is 141 Å². The van der Waals surface area contributed by atoms with Crippen molar-refractivity contribution in [1.29, 1.82) is 0 Å². The topological polar surface area (TPSA) is 20.2 Å². The fourth-order valence-electron chi connectivity index (χ4n) is 2.93. The highest BCUT2D eigenvalue weighted by molar-refractivity contribution is 5.64. The van der Waals surface area contributed by atoms with Crippen LogP contribution < -0.4 is 0 Å². The zero-order valence-corrected chi connectivity index (χ0v) is 14.6. The van der Waals surface area contributed by atoms with E-state index >= 15 is 0 Å². The van der Waals surface area contributed by atoms with E-state index in [0.717, 1.165) is 5.56 Å². The van der Waals surface area contributed by atoms with Crippen molar-refractivity contribution in [3.63, 3.8) is 0 Å². The van der Waals surface area contributed by atoms with E-state index in [-0.39, 0.29) is 0 Å². The Balaban J connectivity index is 1.84. The van der Waals surface area contributed by atoms with Gasteiger partial charge < -0.3 is 5.11 Å². The summed E-state index contributed by atoms with van der Waals surface area (Å²) in [4.78, 5) is 0. The van der Waals surface area contributed by atoms with Crippen LogP contribution >= 0.6 is 0 Å². The molecule has 2 aromatic carbocycles. The van der Waals surface area contributed by atoms with Crippen LogP contribution in [0.3, 0.4) is 0 Å². The highest BCUT2D eigenvalue weighted by Crippen LogP contribution is 2.23. The fraction of sp³-hybridized carbons (Fsp3) is 0.455. The quantitative estimate of drug-likeness (QED) is 0.538. The molecule has 0 heterocycles. The van der Waals surface area contributed by atoms with Crippen molar-refractivity contribution in [2.45, 2.75) is 64.9 Å². The van der Waals surface area contributed by atoms with Gasteiger partial charge in [-0.05, 0) is 42.0 Å². The van der Waals surface area contributed by atoms with Gasteiger partial charge in [0.2, 0.25) is 0 Å². The molecule has 0 aliphatic heterocycles. The van der Waals surface area contributed by atoms with Gasteiger partial charge in [-0.1, -0.05) is 87.6 Å². The average molecular weight is 310 g/mol. The number of aliphatic hydroxyl groups is 1. The second-order valence-electron chi connectivity index (χ2n) is 6.51. The Morgan fingerprint density at radius 2 is 1.26 bits per heavy atom.